The lowest BCUT2D eigenvalue weighted by molar-refractivity contribution is -0.135. The standard InChI is InChI=1S/C17H22N4O3/c18-16(23)12-3-5-13(6-4-12)17(24)20-8-1-2-14(11-20)21-9-7-19-10-15(21)22/h3-6,14,19H,1-2,7-11H2,(H2,18,23). The first kappa shape index (κ1) is 16.4. The van der Waals surface area contributed by atoms with Crippen LogP contribution in [0.1, 0.15) is 33.6 Å². The van der Waals surface area contributed by atoms with Crippen LogP contribution < -0.4 is 11.1 Å². The van der Waals surface area contributed by atoms with Crippen LogP contribution in [0.25, 0.3) is 0 Å². The van der Waals surface area contributed by atoms with Gasteiger partial charge < -0.3 is 20.9 Å². The van der Waals surface area contributed by atoms with Gasteiger partial charge in [-0.3, -0.25) is 14.4 Å². The average Bonchev–Trinajstić information content (AvgIpc) is 2.61. The summed E-state index contributed by atoms with van der Waals surface area (Å²) >= 11 is 0. The van der Waals surface area contributed by atoms with E-state index in [2.05, 4.69) is 5.32 Å². The second kappa shape index (κ2) is 7.00. The maximum atomic E-state index is 12.7. The number of rotatable bonds is 3. The monoisotopic (exact) mass is 330 g/mol. The lowest BCUT2D eigenvalue weighted by Crippen LogP contribution is -2.57. The summed E-state index contributed by atoms with van der Waals surface area (Å²) in [6.07, 6.45) is 1.81. The molecule has 1 aromatic carbocycles. The molecule has 2 fully saturated rings. The fourth-order valence-corrected chi connectivity index (χ4v) is 3.36. The first-order chi connectivity index (χ1) is 11.6. The Balaban J connectivity index is 1.68. The number of hydrogen-bond donors (Lipinski definition) is 2. The number of likely N-dealkylation sites (tertiary alicyclic amines) is 1. The van der Waals surface area contributed by atoms with E-state index in [4.69, 9.17) is 5.73 Å². The van der Waals surface area contributed by atoms with Crippen LogP contribution in [0.15, 0.2) is 24.3 Å². The second-order valence-corrected chi connectivity index (χ2v) is 6.25. The number of carbonyl (C=O) groups excluding carboxylic acids is 3. The third kappa shape index (κ3) is 3.41. The first-order valence-electron chi connectivity index (χ1n) is 8.25. The Kier molecular flexibility index (Phi) is 4.80. The molecule has 2 saturated heterocycles. The molecule has 1 unspecified atom stereocenters. The zero-order chi connectivity index (χ0) is 17.1. The van der Waals surface area contributed by atoms with Crippen LogP contribution in [0, 0.1) is 0 Å². The average molecular weight is 330 g/mol. The zero-order valence-electron chi connectivity index (χ0n) is 13.5. The Morgan fingerprint density at radius 2 is 1.83 bits per heavy atom. The summed E-state index contributed by atoms with van der Waals surface area (Å²) < 4.78 is 0. The molecule has 2 heterocycles. The predicted molar refractivity (Wildman–Crippen MR) is 88.5 cm³/mol. The summed E-state index contributed by atoms with van der Waals surface area (Å²) in [4.78, 5) is 39.5. The molecule has 7 heteroatoms. The fraction of sp³-hybridized carbons (Fsp3) is 0.471. The van der Waals surface area contributed by atoms with Crippen molar-refractivity contribution in [2.75, 3.05) is 32.7 Å². The Bertz CT molecular complexity index is 644. The molecule has 2 aliphatic rings. The van der Waals surface area contributed by atoms with Crippen LogP contribution in [0.2, 0.25) is 0 Å². The van der Waals surface area contributed by atoms with E-state index in [1.54, 1.807) is 29.2 Å². The number of nitrogens with one attached hydrogen (secondary N) is 1. The van der Waals surface area contributed by atoms with Crippen LogP contribution >= 0.6 is 0 Å². The van der Waals surface area contributed by atoms with Crippen molar-refractivity contribution in [2.45, 2.75) is 18.9 Å². The van der Waals surface area contributed by atoms with Gasteiger partial charge in [-0.1, -0.05) is 0 Å². The van der Waals surface area contributed by atoms with E-state index in [9.17, 15) is 14.4 Å². The minimum absolute atomic E-state index is 0.0710. The number of nitrogens with zero attached hydrogens (tertiary/aromatic N) is 2. The highest BCUT2D eigenvalue weighted by Crippen LogP contribution is 2.19. The van der Waals surface area contributed by atoms with Gasteiger partial charge in [-0.2, -0.15) is 0 Å². The Morgan fingerprint density at radius 1 is 1.12 bits per heavy atom. The third-order valence-electron chi connectivity index (χ3n) is 4.67. The lowest BCUT2D eigenvalue weighted by Gasteiger charge is -2.41. The highest BCUT2D eigenvalue weighted by atomic mass is 16.2. The van der Waals surface area contributed by atoms with Crippen molar-refractivity contribution in [3.8, 4) is 0 Å². The number of benzene rings is 1. The molecule has 24 heavy (non-hydrogen) atoms. The first-order valence-corrected chi connectivity index (χ1v) is 8.25. The smallest absolute Gasteiger partial charge is 0.253 e. The Morgan fingerprint density at radius 3 is 2.50 bits per heavy atom. The molecule has 7 nitrogen and oxygen atoms in total. The molecule has 0 spiro atoms. The molecule has 0 bridgehead atoms. The largest absolute Gasteiger partial charge is 0.366 e. The Hall–Kier alpha value is -2.41. The summed E-state index contributed by atoms with van der Waals surface area (Å²) in [5.41, 5.74) is 6.14. The lowest BCUT2D eigenvalue weighted by atomic mass is 10.0. The second-order valence-electron chi connectivity index (χ2n) is 6.25. The van der Waals surface area contributed by atoms with Crippen LogP contribution in [0.5, 0.6) is 0 Å². The minimum atomic E-state index is -0.510. The molecule has 128 valence electrons. The maximum absolute atomic E-state index is 12.7. The summed E-state index contributed by atoms with van der Waals surface area (Å²) in [5, 5.41) is 3.07. The highest BCUT2D eigenvalue weighted by molar-refractivity contribution is 5.97. The van der Waals surface area contributed by atoms with E-state index >= 15 is 0 Å². The number of piperazine rings is 1. The maximum Gasteiger partial charge on any atom is 0.253 e. The van der Waals surface area contributed by atoms with Gasteiger partial charge in [0.25, 0.3) is 5.91 Å². The normalized spacial score (nSPS) is 21.7. The van der Waals surface area contributed by atoms with Gasteiger partial charge in [-0.25, -0.2) is 0 Å². The number of carbonyl (C=O) groups is 3. The van der Waals surface area contributed by atoms with Gasteiger partial charge in [0.05, 0.1) is 6.54 Å². The highest BCUT2D eigenvalue weighted by Gasteiger charge is 2.31. The van der Waals surface area contributed by atoms with E-state index in [0.717, 1.165) is 19.4 Å². The molecule has 1 aromatic rings. The summed E-state index contributed by atoms with van der Waals surface area (Å²) in [6, 6.07) is 6.47. The molecule has 0 aromatic heterocycles. The van der Waals surface area contributed by atoms with E-state index < -0.39 is 5.91 Å². The molecule has 0 radical (unpaired) electrons. The zero-order valence-corrected chi connectivity index (χ0v) is 13.5. The SMILES string of the molecule is NC(=O)c1ccc(C(=O)N2CCCC(N3CCNCC3=O)C2)cc1. The van der Waals surface area contributed by atoms with Crippen molar-refractivity contribution >= 4 is 17.7 Å². The van der Waals surface area contributed by atoms with E-state index in [-0.39, 0.29) is 17.9 Å². The summed E-state index contributed by atoms with van der Waals surface area (Å²) in [7, 11) is 0. The van der Waals surface area contributed by atoms with Gasteiger partial charge in [0, 0.05) is 43.3 Å². The number of nitrogens with two attached hydrogens (primary N) is 1. The number of piperidine rings is 1. The topological polar surface area (TPSA) is 95.7 Å². The van der Waals surface area contributed by atoms with Gasteiger partial charge in [-0.15, -0.1) is 0 Å². The van der Waals surface area contributed by atoms with Crippen molar-refractivity contribution in [3.05, 3.63) is 35.4 Å². The van der Waals surface area contributed by atoms with Gasteiger partial charge >= 0.3 is 0 Å². The molecule has 0 saturated carbocycles. The molecule has 1 atom stereocenters. The predicted octanol–water partition coefficient (Wildman–Crippen LogP) is -0.178. The fourth-order valence-electron chi connectivity index (χ4n) is 3.36. The van der Waals surface area contributed by atoms with E-state index in [0.29, 0.717) is 37.3 Å². The molecule has 0 aliphatic carbocycles. The third-order valence-corrected chi connectivity index (χ3v) is 4.67. The van der Waals surface area contributed by atoms with E-state index in [1.165, 1.54) is 0 Å². The van der Waals surface area contributed by atoms with Gasteiger partial charge in [0.15, 0.2) is 0 Å². The van der Waals surface area contributed by atoms with Gasteiger partial charge in [-0.05, 0) is 37.1 Å². The van der Waals surface area contributed by atoms with Crippen molar-refractivity contribution in [2.24, 2.45) is 5.73 Å². The van der Waals surface area contributed by atoms with Gasteiger partial charge in [0.1, 0.15) is 0 Å². The van der Waals surface area contributed by atoms with Crippen LogP contribution in [0.4, 0.5) is 0 Å². The number of primary amides is 1. The number of amides is 3. The van der Waals surface area contributed by atoms with Crippen molar-refractivity contribution in [1.29, 1.82) is 0 Å². The quantitative estimate of drug-likeness (QED) is 0.804. The summed E-state index contributed by atoms with van der Waals surface area (Å²) in [5.74, 6) is -0.478. The van der Waals surface area contributed by atoms with Crippen LogP contribution in [-0.4, -0.2) is 66.3 Å². The van der Waals surface area contributed by atoms with Crippen molar-refractivity contribution in [1.82, 2.24) is 15.1 Å². The van der Waals surface area contributed by atoms with Gasteiger partial charge in [0.2, 0.25) is 11.8 Å². The van der Waals surface area contributed by atoms with Crippen LogP contribution in [0.3, 0.4) is 0 Å². The molecule has 3 rings (SSSR count). The summed E-state index contributed by atoms with van der Waals surface area (Å²) in [6.45, 7) is 3.11. The van der Waals surface area contributed by atoms with Crippen LogP contribution in [-0.2, 0) is 4.79 Å². The Labute approximate surface area is 140 Å². The molecular formula is C17H22N4O3. The number of hydrogen-bond acceptors (Lipinski definition) is 4. The minimum Gasteiger partial charge on any atom is -0.366 e. The van der Waals surface area contributed by atoms with Crippen molar-refractivity contribution < 1.29 is 14.4 Å². The van der Waals surface area contributed by atoms with Crippen molar-refractivity contribution in [3.63, 3.8) is 0 Å². The molecule has 3 N–H and O–H groups in total. The molecule has 2 aliphatic heterocycles. The van der Waals surface area contributed by atoms with E-state index in [1.807, 2.05) is 4.90 Å². The molecule has 3 amide bonds. The molecular weight excluding hydrogens is 308 g/mol.